The first kappa shape index (κ1) is 14.3. The molecule has 2 aliphatic rings. The molecule has 106 valence electrons. The van der Waals surface area contributed by atoms with Crippen LogP contribution in [0.1, 0.15) is 40.0 Å². The summed E-state index contributed by atoms with van der Waals surface area (Å²) in [4.78, 5) is 5.43. The maximum atomic E-state index is 3.47. The Morgan fingerprint density at radius 3 is 2.56 bits per heavy atom. The van der Waals surface area contributed by atoms with Crippen molar-refractivity contribution in [2.24, 2.45) is 5.41 Å². The third-order valence-corrected chi connectivity index (χ3v) is 4.83. The zero-order valence-electron chi connectivity index (χ0n) is 12.5. The normalized spacial score (nSPS) is 30.5. The minimum Gasteiger partial charge on any atom is -0.314 e. The molecule has 1 atom stereocenters. The van der Waals surface area contributed by atoms with Crippen LogP contribution < -0.4 is 5.32 Å². The Hall–Kier alpha value is -0.120. The Bertz CT molecular complexity index is 246. The average molecular weight is 253 g/mol. The number of hydrogen-bond acceptors (Lipinski definition) is 3. The summed E-state index contributed by atoms with van der Waals surface area (Å²) in [6.07, 6.45) is 4.03. The van der Waals surface area contributed by atoms with Crippen molar-refractivity contribution in [2.45, 2.75) is 46.1 Å². The summed E-state index contributed by atoms with van der Waals surface area (Å²) >= 11 is 0. The predicted molar refractivity (Wildman–Crippen MR) is 78.0 cm³/mol. The van der Waals surface area contributed by atoms with Gasteiger partial charge in [-0.2, -0.15) is 0 Å². The van der Waals surface area contributed by atoms with Gasteiger partial charge in [0, 0.05) is 38.8 Å². The monoisotopic (exact) mass is 253 g/mol. The summed E-state index contributed by atoms with van der Waals surface area (Å²) < 4.78 is 0. The van der Waals surface area contributed by atoms with Crippen LogP contribution in [0.2, 0.25) is 0 Å². The van der Waals surface area contributed by atoms with E-state index in [4.69, 9.17) is 0 Å². The van der Waals surface area contributed by atoms with Crippen LogP contribution in [0.4, 0.5) is 0 Å². The molecule has 3 nitrogen and oxygen atoms in total. The molecule has 2 heterocycles. The highest BCUT2D eigenvalue weighted by atomic mass is 15.3. The Morgan fingerprint density at radius 1 is 1.17 bits per heavy atom. The number of nitrogens with zero attached hydrogens (tertiary/aromatic N) is 2. The molecule has 1 unspecified atom stereocenters. The molecule has 0 aromatic carbocycles. The van der Waals surface area contributed by atoms with Gasteiger partial charge in [0.1, 0.15) is 0 Å². The highest BCUT2D eigenvalue weighted by molar-refractivity contribution is 4.94. The van der Waals surface area contributed by atoms with E-state index in [0.29, 0.717) is 5.41 Å². The van der Waals surface area contributed by atoms with Gasteiger partial charge in [0.25, 0.3) is 0 Å². The standard InChI is InChI=1S/C15H31N3/c1-4-5-9-17-10-6-15(2,3)14(13-17)18-11-7-16-8-12-18/h14,16H,4-13H2,1-3H3. The van der Waals surface area contributed by atoms with E-state index in [1.807, 2.05) is 0 Å². The molecule has 0 aliphatic carbocycles. The fourth-order valence-corrected chi connectivity index (χ4v) is 3.38. The topological polar surface area (TPSA) is 18.5 Å². The lowest BCUT2D eigenvalue weighted by Gasteiger charge is -2.50. The van der Waals surface area contributed by atoms with Crippen LogP contribution in [0, 0.1) is 5.41 Å². The zero-order valence-corrected chi connectivity index (χ0v) is 12.5. The second-order valence-corrected chi connectivity index (χ2v) is 6.69. The third kappa shape index (κ3) is 3.46. The molecule has 2 rings (SSSR count). The molecule has 0 spiro atoms. The summed E-state index contributed by atoms with van der Waals surface area (Å²) in [5.41, 5.74) is 0.486. The highest BCUT2D eigenvalue weighted by Gasteiger charge is 2.38. The zero-order chi connectivity index (χ0) is 13.0. The first-order chi connectivity index (χ1) is 8.63. The SMILES string of the molecule is CCCCN1CCC(C)(C)C(N2CCNCC2)C1. The highest BCUT2D eigenvalue weighted by Crippen LogP contribution is 2.34. The van der Waals surface area contributed by atoms with Gasteiger partial charge in [-0.1, -0.05) is 27.2 Å². The largest absolute Gasteiger partial charge is 0.314 e. The van der Waals surface area contributed by atoms with E-state index in [-0.39, 0.29) is 0 Å². The van der Waals surface area contributed by atoms with Crippen LogP contribution >= 0.6 is 0 Å². The van der Waals surface area contributed by atoms with E-state index < -0.39 is 0 Å². The molecule has 1 N–H and O–H groups in total. The van der Waals surface area contributed by atoms with E-state index in [1.165, 1.54) is 65.1 Å². The molecule has 18 heavy (non-hydrogen) atoms. The number of rotatable bonds is 4. The Kier molecular flexibility index (Phi) is 5.05. The van der Waals surface area contributed by atoms with Gasteiger partial charge in [-0.05, 0) is 31.3 Å². The fourth-order valence-electron chi connectivity index (χ4n) is 3.38. The summed E-state index contributed by atoms with van der Waals surface area (Å²) in [5, 5.41) is 3.47. The molecule has 3 heteroatoms. The summed E-state index contributed by atoms with van der Waals surface area (Å²) in [7, 11) is 0. The van der Waals surface area contributed by atoms with Gasteiger partial charge >= 0.3 is 0 Å². The van der Waals surface area contributed by atoms with Crippen molar-refractivity contribution in [3.05, 3.63) is 0 Å². The number of nitrogens with one attached hydrogen (secondary N) is 1. The predicted octanol–water partition coefficient (Wildman–Crippen LogP) is 1.79. The third-order valence-electron chi connectivity index (χ3n) is 4.83. The molecule has 2 aliphatic heterocycles. The minimum atomic E-state index is 0.486. The van der Waals surface area contributed by atoms with Gasteiger partial charge in [-0.25, -0.2) is 0 Å². The van der Waals surface area contributed by atoms with E-state index in [0.717, 1.165) is 6.04 Å². The minimum absolute atomic E-state index is 0.486. The molecular formula is C15H31N3. The number of unbranched alkanes of at least 4 members (excludes halogenated alkanes) is 1. The Balaban J connectivity index is 1.94. The average Bonchev–Trinajstić information content (AvgIpc) is 2.38. The lowest BCUT2D eigenvalue weighted by atomic mass is 9.77. The van der Waals surface area contributed by atoms with Gasteiger partial charge in [-0.15, -0.1) is 0 Å². The van der Waals surface area contributed by atoms with Crippen LogP contribution in [0.3, 0.4) is 0 Å². The van der Waals surface area contributed by atoms with Crippen molar-refractivity contribution in [3.63, 3.8) is 0 Å². The van der Waals surface area contributed by atoms with Crippen molar-refractivity contribution in [2.75, 3.05) is 45.8 Å². The molecular weight excluding hydrogens is 222 g/mol. The van der Waals surface area contributed by atoms with Crippen LogP contribution in [-0.2, 0) is 0 Å². The van der Waals surface area contributed by atoms with E-state index in [2.05, 4.69) is 35.9 Å². The van der Waals surface area contributed by atoms with Crippen LogP contribution in [0.25, 0.3) is 0 Å². The maximum Gasteiger partial charge on any atom is 0.0275 e. The van der Waals surface area contributed by atoms with Crippen LogP contribution in [0.15, 0.2) is 0 Å². The first-order valence-corrected chi connectivity index (χ1v) is 7.80. The van der Waals surface area contributed by atoms with Crippen molar-refractivity contribution < 1.29 is 0 Å². The van der Waals surface area contributed by atoms with Gasteiger partial charge in [-0.3, -0.25) is 4.90 Å². The van der Waals surface area contributed by atoms with Crippen molar-refractivity contribution in [1.29, 1.82) is 0 Å². The molecule has 0 aromatic rings. The number of likely N-dealkylation sites (tertiary alicyclic amines) is 1. The van der Waals surface area contributed by atoms with Crippen molar-refractivity contribution >= 4 is 0 Å². The van der Waals surface area contributed by atoms with Crippen molar-refractivity contribution in [3.8, 4) is 0 Å². The summed E-state index contributed by atoms with van der Waals surface area (Å²) in [5.74, 6) is 0. The molecule has 0 saturated carbocycles. The quantitative estimate of drug-likeness (QED) is 0.824. The molecule has 2 fully saturated rings. The van der Waals surface area contributed by atoms with Crippen LogP contribution in [0.5, 0.6) is 0 Å². The van der Waals surface area contributed by atoms with E-state index >= 15 is 0 Å². The maximum absolute atomic E-state index is 3.47. The number of piperazine rings is 1. The second-order valence-electron chi connectivity index (χ2n) is 6.69. The first-order valence-electron chi connectivity index (χ1n) is 7.80. The van der Waals surface area contributed by atoms with Gasteiger partial charge in [0.05, 0.1) is 0 Å². The van der Waals surface area contributed by atoms with Gasteiger partial charge < -0.3 is 10.2 Å². The van der Waals surface area contributed by atoms with Crippen molar-refractivity contribution in [1.82, 2.24) is 15.1 Å². The van der Waals surface area contributed by atoms with E-state index in [9.17, 15) is 0 Å². The summed E-state index contributed by atoms with van der Waals surface area (Å²) in [6.45, 7) is 15.9. The number of hydrogen-bond donors (Lipinski definition) is 1. The Morgan fingerprint density at radius 2 is 1.89 bits per heavy atom. The van der Waals surface area contributed by atoms with Gasteiger partial charge in [0.15, 0.2) is 0 Å². The summed E-state index contributed by atoms with van der Waals surface area (Å²) in [6, 6.07) is 0.755. The molecule has 0 amide bonds. The molecule has 0 aromatic heterocycles. The lowest BCUT2D eigenvalue weighted by molar-refractivity contribution is 0.000635. The molecule has 2 saturated heterocycles. The number of piperidine rings is 1. The fraction of sp³-hybridized carbons (Fsp3) is 1.00. The van der Waals surface area contributed by atoms with E-state index in [1.54, 1.807) is 0 Å². The lowest BCUT2D eigenvalue weighted by Crippen LogP contribution is -2.60. The Labute approximate surface area is 113 Å². The van der Waals surface area contributed by atoms with Gasteiger partial charge in [0.2, 0.25) is 0 Å². The molecule has 0 radical (unpaired) electrons. The second kappa shape index (κ2) is 6.36. The smallest absolute Gasteiger partial charge is 0.0275 e. The molecule has 0 bridgehead atoms. The van der Waals surface area contributed by atoms with Crippen LogP contribution in [-0.4, -0.2) is 61.7 Å².